The van der Waals surface area contributed by atoms with Gasteiger partial charge in [-0.05, 0) is 25.1 Å². The van der Waals surface area contributed by atoms with Gasteiger partial charge in [-0.25, -0.2) is 4.98 Å². The normalized spacial score (nSPS) is 12.0. The summed E-state index contributed by atoms with van der Waals surface area (Å²) in [5.74, 6) is -1.47. The Labute approximate surface area is 149 Å². The van der Waals surface area contributed by atoms with Crippen molar-refractivity contribution in [2.75, 3.05) is 13.6 Å². The Kier molecular flexibility index (Phi) is 5.51. The summed E-state index contributed by atoms with van der Waals surface area (Å²) in [6.07, 6.45) is 0. The average molecular weight is 371 g/mol. The second-order valence-electron chi connectivity index (χ2n) is 5.48. The van der Waals surface area contributed by atoms with Crippen molar-refractivity contribution < 1.29 is 19.1 Å². The number of halogens is 2. The molecule has 0 spiro atoms. The Hall–Kier alpha value is -2.05. The van der Waals surface area contributed by atoms with Crippen LogP contribution in [0.25, 0.3) is 11.5 Å². The molecule has 0 saturated heterocycles. The highest BCUT2D eigenvalue weighted by molar-refractivity contribution is 6.42. The van der Waals surface area contributed by atoms with Gasteiger partial charge in [-0.2, -0.15) is 0 Å². The Morgan fingerprint density at radius 3 is 2.58 bits per heavy atom. The van der Waals surface area contributed by atoms with E-state index in [9.17, 15) is 9.59 Å². The van der Waals surface area contributed by atoms with E-state index < -0.39 is 17.8 Å². The monoisotopic (exact) mass is 370 g/mol. The van der Waals surface area contributed by atoms with Crippen molar-refractivity contribution in [1.29, 1.82) is 0 Å². The summed E-state index contributed by atoms with van der Waals surface area (Å²) in [7, 11) is 1.52. The minimum atomic E-state index is -0.969. The number of nitrogens with zero attached hydrogens (tertiary/aromatic N) is 2. The predicted molar refractivity (Wildman–Crippen MR) is 90.5 cm³/mol. The van der Waals surface area contributed by atoms with Crippen LogP contribution in [-0.4, -0.2) is 40.5 Å². The minimum Gasteiger partial charge on any atom is -0.481 e. The van der Waals surface area contributed by atoms with Gasteiger partial charge in [0.2, 0.25) is 5.89 Å². The first-order chi connectivity index (χ1) is 11.2. The summed E-state index contributed by atoms with van der Waals surface area (Å²) < 4.78 is 5.54. The van der Waals surface area contributed by atoms with Crippen molar-refractivity contribution in [3.63, 3.8) is 0 Å². The number of aliphatic carboxylic acids is 1. The molecule has 1 aromatic carbocycles. The van der Waals surface area contributed by atoms with Crippen LogP contribution in [-0.2, 0) is 4.79 Å². The third-order valence-electron chi connectivity index (χ3n) is 3.48. The maximum Gasteiger partial charge on any atom is 0.308 e. The molecule has 128 valence electrons. The number of amides is 1. The molecular formula is C16H16Cl2N2O4. The summed E-state index contributed by atoms with van der Waals surface area (Å²) in [5.41, 5.74) is 0.726. The number of hydrogen-bond donors (Lipinski definition) is 1. The lowest BCUT2D eigenvalue weighted by molar-refractivity contribution is -0.141. The molecule has 2 rings (SSSR count). The van der Waals surface area contributed by atoms with E-state index in [1.807, 2.05) is 0 Å². The number of hydrogen-bond acceptors (Lipinski definition) is 4. The van der Waals surface area contributed by atoms with Crippen molar-refractivity contribution in [2.45, 2.75) is 13.8 Å². The van der Waals surface area contributed by atoms with Gasteiger partial charge in [-0.1, -0.05) is 30.1 Å². The van der Waals surface area contributed by atoms with Crippen LogP contribution < -0.4 is 0 Å². The summed E-state index contributed by atoms with van der Waals surface area (Å²) in [4.78, 5) is 28.9. The number of oxazole rings is 1. The summed E-state index contributed by atoms with van der Waals surface area (Å²) in [6.45, 7) is 3.22. The van der Waals surface area contributed by atoms with E-state index in [0.717, 1.165) is 0 Å². The van der Waals surface area contributed by atoms with E-state index >= 15 is 0 Å². The van der Waals surface area contributed by atoms with Gasteiger partial charge in [0.15, 0.2) is 5.69 Å². The van der Waals surface area contributed by atoms with Crippen LogP contribution in [0.1, 0.15) is 23.2 Å². The molecule has 1 N–H and O–H groups in total. The molecule has 1 amide bonds. The zero-order valence-electron chi connectivity index (χ0n) is 13.3. The summed E-state index contributed by atoms with van der Waals surface area (Å²) in [5, 5.41) is 9.70. The van der Waals surface area contributed by atoms with Crippen molar-refractivity contribution in [3.8, 4) is 11.5 Å². The zero-order valence-corrected chi connectivity index (χ0v) is 14.9. The van der Waals surface area contributed by atoms with Gasteiger partial charge in [0.05, 0.1) is 16.0 Å². The molecule has 24 heavy (non-hydrogen) atoms. The molecule has 0 aliphatic heterocycles. The molecular weight excluding hydrogens is 355 g/mol. The van der Waals surface area contributed by atoms with Gasteiger partial charge in [-0.15, -0.1) is 0 Å². The van der Waals surface area contributed by atoms with Gasteiger partial charge < -0.3 is 14.4 Å². The molecule has 0 aliphatic rings. The maximum absolute atomic E-state index is 12.5. The smallest absolute Gasteiger partial charge is 0.308 e. The number of carbonyl (C=O) groups is 2. The fourth-order valence-corrected chi connectivity index (χ4v) is 2.40. The van der Waals surface area contributed by atoms with E-state index in [1.165, 1.54) is 18.9 Å². The molecule has 8 heteroatoms. The number of rotatable bonds is 5. The van der Waals surface area contributed by atoms with Gasteiger partial charge in [0.1, 0.15) is 5.76 Å². The van der Waals surface area contributed by atoms with Gasteiger partial charge in [-0.3, -0.25) is 9.59 Å². The van der Waals surface area contributed by atoms with Crippen LogP contribution in [0.15, 0.2) is 22.6 Å². The molecule has 1 heterocycles. The molecule has 1 unspecified atom stereocenters. The molecule has 0 bridgehead atoms. The lowest BCUT2D eigenvalue weighted by atomic mass is 10.1. The quantitative estimate of drug-likeness (QED) is 0.866. The van der Waals surface area contributed by atoms with Crippen molar-refractivity contribution >= 4 is 35.1 Å². The van der Waals surface area contributed by atoms with Gasteiger partial charge in [0, 0.05) is 19.2 Å². The fourth-order valence-electron chi connectivity index (χ4n) is 2.10. The topological polar surface area (TPSA) is 83.6 Å². The van der Waals surface area contributed by atoms with Gasteiger partial charge in [0.25, 0.3) is 5.91 Å². The van der Waals surface area contributed by atoms with Crippen LogP contribution >= 0.6 is 23.2 Å². The predicted octanol–water partition coefficient (Wildman–Crippen LogP) is 3.75. The highest BCUT2D eigenvalue weighted by Gasteiger charge is 2.24. The Bertz CT molecular complexity index is 788. The lowest BCUT2D eigenvalue weighted by Crippen LogP contribution is -2.34. The molecule has 1 atom stereocenters. The first-order valence-corrected chi connectivity index (χ1v) is 7.87. The van der Waals surface area contributed by atoms with Crippen molar-refractivity contribution in [2.24, 2.45) is 5.92 Å². The van der Waals surface area contributed by atoms with E-state index in [1.54, 1.807) is 25.1 Å². The SMILES string of the molecule is Cc1oc(-c2ccc(Cl)c(Cl)c2)nc1C(=O)N(C)CC(C)C(=O)O. The first kappa shape index (κ1) is 18.3. The summed E-state index contributed by atoms with van der Waals surface area (Å²) >= 11 is 11.9. The molecule has 6 nitrogen and oxygen atoms in total. The molecule has 0 radical (unpaired) electrons. The van der Waals surface area contributed by atoms with E-state index in [4.69, 9.17) is 32.7 Å². The molecule has 2 aromatic rings. The van der Waals surface area contributed by atoms with Crippen LogP contribution in [0.3, 0.4) is 0 Å². The minimum absolute atomic E-state index is 0.0720. The van der Waals surface area contributed by atoms with E-state index in [-0.39, 0.29) is 18.1 Å². The Morgan fingerprint density at radius 2 is 2.00 bits per heavy atom. The number of carboxylic acid groups (broad SMARTS) is 1. The van der Waals surface area contributed by atoms with E-state index in [0.29, 0.717) is 21.4 Å². The van der Waals surface area contributed by atoms with E-state index in [2.05, 4.69) is 4.98 Å². The Morgan fingerprint density at radius 1 is 1.33 bits per heavy atom. The van der Waals surface area contributed by atoms with Crippen LogP contribution in [0.4, 0.5) is 0 Å². The maximum atomic E-state index is 12.5. The van der Waals surface area contributed by atoms with Crippen molar-refractivity contribution in [1.82, 2.24) is 9.88 Å². The third-order valence-corrected chi connectivity index (χ3v) is 4.22. The van der Waals surface area contributed by atoms with Crippen LogP contribution in [0.5, 0.6) is 0 Å². The largest absolute Gasteiger partial charge is 0.481 e. The number of carboxylic acids is 1. The second kappa shape index (κ2) is 7.23. The Balaban J connectivity index is 2.26. The van der Waals surface area contributed by atoms with Crippen LogP contribution in [0, 0.1) is 12.8 Å². The number of aromatic nitrogens is 1. The fraction of sp³-hybridized carbons (Fsp3) is 0.312. The second-order valence-corrected chi connectivity index (χ2v) is 6.29. The zero-order chi connectivity index (χ0) is 18.0. The summed E-state index contributed by atoms with van der Waals surface area (Å²) in [6, 6.07) is 4.89. The highest BCUT2D eigenvalue weighted by Crippen LogP contribution is 2.29. The number of carbonyl (C=O) groups excluding carboxylic acids is 1. The van der Waals surface area contributed by atoms with Crippen molar-refractivity contribution in [3.05, 3.63) is 39.7 Å². The average Bonchev–Trinajstić information content (AvgIpc) is 2.90. The van der Waals surface area contributed by atoms with Crippen LogP contribution in [0.2, 0.25) is 10.0 Å². The lowest BCUT2D eigenvalue weighted by Gasteiger charge is -2.18. The molecule has 0 aliphatic carbocycles. The number of aryl methyl sites for hydroxylation is 1. The molecule has 0 saturated carbocycles. The highest BCUT2D eigenvalue weighted by atomic mass is 35.5. The molecule has 1 aromatic heterocycles. The molecule has 0 fully saturated rings. The van der Waals surface area contributed by atoms with Gasteiger partial charge >= 0.3 is 5.97 Å². The number of benzene rings is 1. The standard InChI is InChI=1S/C16H16Cl2N2O4/c1-8(16(22)23)7-20(3)15(21)13-9(2)24-14(19-13)10-4-5-11(17)12(18)6-10/h4-6,8H,7H2,1-3H3,(H,22,23). The third kappa shape index (κ3) is 3.88. The first-order valence-electron chi connectivity index (χ1n) is 7.11.